The standard InChI is InChI=1S/C23H31N5S.HI/c1-3-24-23(27-19-10-13-28(14-11-19)21-8-5-15-29-21)25-12-9-18-16-26-20-7-4-6-17(2)22(18)20;/h4-8,15-16,19,26H,3,9-14H2,1-2H3,(H2,24,25,27);1H. The normalized spacial score (nSPS) is 15.3. The van der Waals surface area contributed by atoms with E-state index in [-0.39, 0.29) is 24.0 Å². The van der Waals surface area contributed by atoms with Gasteiger partial charge in [0, 0.05) is 49.3 Å². The first-order valence-corrected chi connectivity index (χ1v) is 11.5. The molecule has 1 aliphatic heterocycles. The van der Waals surface area contributed by atoms with Crippen molar-refractivity contribution in [3.63, 3.8) is 0 Å². The Bertz CT molecular complexity index is 942. The fourth-order valence-corrected chi connectivity index (χ4v) is 4.93. The van der Waals surface area contributed by atoms with E-state index in [1.807, 2.05) is 11.3 Å². The van der Waals surface area contributed by atoms with E-state index in [4.69, 9.17) is 4.99 Å². The number of fused-ring (bicyclic) bond motifs is 1. The maximum absolute atomic E-state index is 4.86. The zero-order valence-electron chi connectivity index (χ0n) is 17.8. The number of aromatic amines is 1. The van der Waals surface area contributed by atoms with Gasteiger partial charge in [-0.25, -0.2) is 0 Å². The monoisotopic (exact) mass is 537 g/mol. The molecule has 3 heterocycles. The summed E-state index contributed by atoms with van der Waals surface area (Å²) in [6.45, 7) is 8.17. The Morgan fingerprint density at radius 2 is 2.07 bits per heavy atom. The lowest BCUT2D eigenvalue weighted by molar-refractivity contribution is 0.463. The SMILES string of the molecule is CCNC(=NCCc1c[nH]c2cccc(C)c12)NC1CCN(c2cccs2)CC1.I. The van der Waals surface area contributed by atoms with Crippen LogP contribution in [0.25, 0.3) is 10.9 Å². The van der Waals surface area contributed by atoms with E-state index < -0.39 is 0 Å². The summed E-state index contributed by atoms with van der Waals surface area (Å²) in [5, 5.41) is 12.0. The van der Waals surface area contributed by atoms with Gasteiger partial charge in [-0.2, -0.15) is 0 Å². The second-order valence-corrected chi connectivity index (χ2v) is 8.61. The number of hydrogen-bond acceptors (Lipinski definition) is 3. The average Bonchev–Trinajstić information content (AvgIpc) is 3.40. The molecular weight excluding hydrogens is 505 g/mol. The molecule has 0 bridgehead atoms. The number of benzene rings is 1. The number of rotatable bonds is 6. The van der Waals surface area contributed by atoms with Crippen LogP contribution in [0, 0.1) is 6.92 Å². The van der Waals surface area contributed by atoms with Gasteiger partial charge in [0.05, 0.1) is 5.00 Å². The second kappa shape index (κ2) is 11.0. The number of piperidine rings is 1. The molecular formula is C23H32IN5S. The molecule has 1 aromatic carbocycles. The average molecular weight is 538 g/mol. The molecule has 0 radical (unpaired) electrons. The van der Waals surface area contributed by atoms with Crippen molar-refractivity contribution in [2.45, 2.75) is 39.2 Å². The van der Waals surface area contributed by atoms with Crippen LogP contribution in [0.5, 0.6) is 0 Å². The third kappa shape index (κ3) is 5.49. The van der Waals surface area contributed by atoms with Crippen molar-refractivity contribution in [2.24, 2.45) is 4.99 Å². The van der Waals surface area contributed by atoms with Crippen LogP contribution in [0.2, 0.25) is 0 Å². The van der Waals surface area contributed by atoms with Crippen molar-refractivity contribution in [3.05, 3.63) is 53.0 Å². The smallest absolute Gasteiger partial charge is 0.191 e. The van der Waals surface area contributed by atoms with Crippen LogP contribution in [-0.2, 0) is 6.42 Å². The van der Waals surface area contributed by atoms with Gasteiger partial charge in [-0.15, -0.1) is 35.3 Å². The molecule has 3 aromatic rings. The van der Waals surface area contributed by atoms with Crippen molar-refractivity contribution in [1.29, 1.82) is 0 Å². The van der Waals surface area contributed by atoms with E-state index in [1.54, 1.807) is 0 Å². The van der Waals surface area contributed by atoms with Crippen LogP contribution in [0.4, 0.5) is 5.00 Å². The van der Waals surface area contributed by atoms with Crippen molar-refractivity contribution < 1.29 is 0 Å². The maximum Gasteiger partial charge on any atom is 0.191 e. The Labute approximate surface area is 200 Å². The first-order valence-electron chi connectivity index (χ1n) is 10.6. The van der Waals surface area contributed by atoms with E-state index in [2.05, 4.69) is 76.3 Å². The molecule has 0 saturated carbocycles. The molecule has 1 aliphatic rings. The molecule has 30 heavy (non-hydrogen) atoms. The van der Waals surface area contributed by atoms with Gasteiger partial charge >= 0.3 is 0 Å². The molecule has 0 amide bonds. The Kier molecular flexibility index (Phi) is 8.44. The molecule has 1 fully saturated rings. The van der Waals surface area contributed by atoms with Gasteiger partial charge in [-0.05, 0) is 67.8 Å². The van der Waals surface area contributed by atoms with Gasteiger partial charge in [0.1, 0.15) is 0 Å². The number of aryl methyl sites for hydroxylation is 1. The highest BCUT2D eigenvalue weighted by Gasteiger charge is 2.20. The first kappa shape index (κ1) is 22.9. The summed E-state index contributed by atoms with van der Waals surface area (Å²) in [5.41, 5.74) is 3.89. The van der Waals surface area contributed by atoms with E-state index in [1.165, 1.54) is 27.0 Å². The lowest BCUT2D eigenvalue weighted by Gasteiger charge is -2.33. The fourth-order valence-electron chi connectivity index (χ4n) is 4.14. The van der Waals surface area contributed by atoms with Gasteiger partial charge in [-0.1, -0.05) is 12.1 Å². The molecule has 1 saturated heterocycles. The Morgan fingerprint density at radius 3 is 2.80 bits per heavy atom. The number of halogens is 1. The van der Waals surface area contributed by atoms with Crippen LogP contribution >= 0.6 is 35.3 Å². The molecule has 0 aliphatic carbocycles. The minimum absolute atomic E-state index is 0. The van der Waals surface area contributed by atoms with Crippen LogP contribution < -0.4 is 15.5 Å². The number of anilines is 1. The summed E-state index contributed by atoms with van der Waals surface area (Å²) in [4.78, 5) is 10.7. The molecule has 2 aromatic heterocycles. The number of aromatic nitrogens is 1. The number of H-pyrrole nitrogens is 1. The first-order chi connectivity index (χ1) is 14.2. The number of nitrogens with one attached hydrogen (secondary N) is 3. The van der Waals surface area contributed by atoms with Gasteiger partial charge < -0.3 is 20.5 Å². The third-order valence-corrected chi connectivity index (χ3v) is 6.57. The number of thiophene rings is 1. The molecule has 5 nitrogen and oxygen atoms in total. The van der Waals surface area contributed by atoms with Crippen LogP contribution in [-0.4, -0.2) is 43.2 Å². The largest absolute Gasteiger partial charge is 0.363 e. The summed E-state index contributed by atoms with van der Waals surface area (Å²) in [6, 6.07) is 11.3. The van der Waals surface area contributed by atoms with Crippen molar-refractivity contribution in [1.82, 2.24) is 15.6 Å². The summed E-state index contributed by atoms with van der Waals surface area (Å²) < 4.78 is 0. The van der Waals surface area contributed by atoms with Crippen LogP contribution in [0.3, 0.4) is 0 Å². The van der Waals surface area contributed by atoms with E-state index in [9.17, 15) is 0 Å². The van der Waals surface area contributed by atoms with Crippen molar-refractivity contribution >= 4 is 57.2 Å². The van der Waals surface area contributed by atoms with Crippen molar-refractivity contribution in [2.75, 3.05) is 31.1 Å². The third-order valence-electron chi connectivity index (χ3n) is 5.64. The summed E-state index contributed by atoms with van der Waals surface area (Å²) in [6.07, 6.45) is 5.36. The maximum atomic E-state index is 4.86. The Balaban J connectivity index is 0.00000256. The number of nitrogens with zero attached hydrogens (tertiary/aromatic N) is 2. The molecule has 0 spiro atoms. The Hall–Kier alpha value is -1.74. The van der Waals surface area contributed by atoms with E-state index in [0.717, 1.165) is 51.4 Å². The lowest BCUT2D eigenvalue weighted by atomic mass is 10.1. The zero-order chi connectivity index (χ0) is 20.1. The van der Waals surface area contributed by atoms with Gasteiger partial charge in [0.25, 0.3) is 0 Å². The fraction of sp³-hybridized carbons (Fsp3) is 0.435. The highest BCUT2D eigenvalue weighted by atomic mass is 127. The minimum atomic E-state index is 0. The molecule has 0 atom stereocenters. The minimum Gasteiger partial charge on any atom is -0.363 e. The van der Waals surface area contributed by atoms with Gasteiger partial charge in [0.2, 0.25) is 0 Å². The van der Waals surface area contributed by atoms with Crippen molar-refractivity contribution in [3.8, 4) is 0 Å². The molecule has 4 rings (SSSR count). The van der Waals surface area contributed by atoms with Gasteiger partial charge in [0.15, 0.2) is 5.96 Å². The number of aliphatic imine (C=N–C) groups is 1. The number of guanidine groups is 1. The molecule has 162 valence electrons. The zero-order valence-corrected chi connectivity index (χ0v) is 20.9. The molecule has 7 heteroatoms. The van der Waals surface area contributed by atoms with Gasteiger partial charge in [-0.3, -0.25) is 4.99 Å². The predicted molar refractivity (Wildman–Crippen MR) is 141 cm³/mol. The molecule has 0 unspecified atom stereocenters. The highest BCUT2D eigenvalue weighted by Crippen LogP contribution is 2.25. The lowest BCUT2D eigenvalue weighted by Crippen LogP contribution is -2.48. The summed E-state index contributed by atoms with van der Waals surface area (Å²) in [5.74, 6) is 0.943. The topological polar surface area (TPSA) is 55.5 Å². The highest BCUT2D eigenvalue weighted by molar-refractivity contribution is 14.0. The molecule has 3 N–H and O–H groups in total. The predicted octanol–water partition coefficient (Wildman–Crippen LogP) is 4.92. The second-order valence-electron chi connectivity index (χ2n) is 7.68. The van der Waals surface area contributed by atoms with E-state index >= 15 is 0 Å². The van der Waals surface area contributed by atoms with Crippen LogP contribution in [0.15, 0.2) is 46.9 Å². The summed E-state index contributed by atoms with van der Waals surface area (Å²) >= 11 is 1.83. The van der Waals surface area contributed by atoms with Crippen LogP contribution in [0.1, 0.15) is 30.9 Å². The van der Waals surface area contributed by atoms with E-state index in [0.29, 0.717) is 6.04 Å². The Morgan fingerprint density at radius 1 is 1.23 bits per heavy atom. The number of hydrogen-bond donors (Lipinski definition) is 3. The quantitative estimate of drug-likeness (QED) is 0.238. The summed E-state index contributed by atoms with van der Waals surface area (Å²) in [7, 11) is 0.